The Bertz CT molecular complexity index is 296. The third kappa shape index (κ3) is 2.48. The summed E-state index contributed by atoms with van der Waals surface area (Å²) in [6.07, 6.45) is 1.03. The molecular weight excluding hydrogens is 174 g/mol. The first kappa shape index (κ1) is 11.1. The van der Waals surface area contributed by atoms with Crippen LogP contribution < -0.4 is 10.5 Å². The highest BCUT2D eigenvalue weighted by molar-refractivity contribution is 5.37. The van der Waals surface area contributed by atoms with Gasteiger partial charge in [-0.1, -0.05) is 19.1 Å². The van der Waals surface area contributed by atoms with Crippen molar-refractivity contribution in [3.05, 3.63) is 29.3 Å². The largest absolute Gasteiger partial charge is 0.496 e. The van der Waals surface area contributed by atoms with E-state index < -0.39 is 0 Å². The standard InChI is InChI=1S/C12H19NO/c1-9(6-7-13)11-4-5-12(14-3)10(2)8-11/h4-5,8-9H,6-7,13H2,1-3H3/t9-/m0/s1. The highest BCUT2D eigenvalue weighted by Gasteiger charge is 2.06. The molecule has 0 saturated heterocycles. The maximum absolute atomic E-state index is 5.54. The smallest absolute Gasteiger partial charge is 0.121 e. The zero-order valence-corrected chi connectivity index (χ0v) is 9.21. The summed E-state index contributed by atoms with van der Waals surface area (Å²) < 4.78 is 5.21. The Kier molecular flexibility index (Phi) is 3.96. The van der Waals surface area contributed by atoms with Crippen LogP contribution in [-0.4, -0.2) is 13.7 Å². The third-order valence-electron chi connectivity index (χ3n) is 2.59. The zero-order valence-electron chi connectivity index (χ0n) is 9.21. The second kappa shape index (κ2) is 5.01. The van der Waals surface area contributed by atoms with Crippen LogP contribution in [0.3, 0.4) is 0 Å². The molecule has 1 aromatic carbocycles. The van der Waals surface area contributed by atoms with E-state index in [4.69, 9.17) is 10.5 Å². The van der Waals surface area contributed by atoms with Crippen LogP contribution in [0.15, 0.2) is 18.2 Å². The van der Waals surface area contributed by atoms with Crippen molar-refractivity contribution in [1.82, 2.24) is 0 Å². The van der Waals surface area contributed by atoms with E-state index in [0.717, 1.165) is 18.7 Å². The number of methoxy groups -OCH3 is 1. The topological polar surface area (TPSA) is 35.2 Å². The van der Waals surface area contributed by atoms with Gasteiger partial charge in [0.05, 0.1) is 7.11 Å². The molecule has 0 aliphatic rings. The van der Waals surface area contributed by atoms with Gasteiger partial charge >= 0.3 is 0 Å². The molecule has 0 radical (unpaired) electrons. The van der Waals surface area contributed by atoms with E-state index in [2.05, 4.69) is 26.0 Å². The van der Waals surface area contributed by atoms with Gasteiger partial charge in [0.1, 0.15) is 5.75 Å². The van der Waals surface area contributed by atoms with Crippen molar-refractivity contribution in [3.8, 4) is 5.75 Å². The van der Waals surface area contributed by atoms with Crippen molar-refractivity contribution in [2.45, 2.75) is 26.2 Å². The van der Waals surface area contributed by atoms with Gasteiger partial charge < -0.3 is 10.5 Å². The molecule has 0 spiro atoms. The first-order valence-corrected chi connectivity index (χ1v) is 5.03. The average molecular weight is 193 g/mol. The average Bonchev–Trinajstić information content (AvgIpc) is 2.18. The van der Waals surface area contributed by atoms with E-state index in [1.807, 2.05) is 6.07 Å². The predicted molar refractivity (Wildman–Crippen MR) is 59.8 cm³/mol. The summed E-state index contributed by atoms with van der Waals surface area (Å²) in [6.45, 7) is 5.01. The van der Waals surface area contributed by atoms with Crippen molar-refractivity contribution in [2.24, 2.45) is 5.73 Å². The summed E-state index contributed by atoms with van der Waals surface area (Å²) in [5.74, 6) is 1.48. The van der Waals surface area contributed by atoms with Crippen LogP contribution in [0.1, 0.15) is 30.4 Å². The molecule has 0 unspecified atom stereocenters. The van der Waals surface area contributed by atoms with Gasteiger partial charge in [-0.2, -0.15) is 0 Å². The Morgan fingerprint density at radius 3 is 2.64 bits per heavy atom. The molecule has 14 heavy (non-hydrogen) atoms. The van der Waals surface area contributed by atoms with Crippen molar-refractivity contribution >= 4 is 0 Å². The molecule has 0 aliphatic heterocycles. The Morgan fingerprint density at radius 1 is 1.43 bits per heavy atom. The van der Waals surface area contributed by atoms with Crippen LogP contribution in [0.4, 0.5) is 0 Å². The molecular formula is C12H19NO. The molecule has 0 bridgehead atoms. The number of rotatable bonds is 4. The van der Waals surface area contributed by atoms with E-state index in [1.54, 1.807) is 7.11 Å². The number of ether oxygens (including phenoxy) is 1. The molecule has 1 atom stereocenters. The maximum Gasteiger partial charge on any atom is 0.121 e. The quantitative estimate of drug-likeness (QED) is 0.797. The number of aryl methyl sites for hydroxylation is 1. The Balaban J connectivity index is 2.85. The van der Waals surface area contributed by atoms with E-state index in [0.29, 0.717) is 5.92 Å². The van der Waals surface area contributed by atoms with Crippen LogP contribution in [0.25, 0.3) is 0 Å². The van der Waals surface area contributed by atoms with E-state index in [1.165, 1.54) is 11.1 Å². The summed E-state index contributed by atoms with van der Waals surface area (Å²) in [4.78, 5) is 0. The minimum Gasteiger partial charge on any atom is -0.496 e. The lowest BCUT2D eigenvalue weighted by atomic mass is 9.96. The molecule has 2 heteroatoms. The van der Waals surface area contributed by atoms with Crippen LogP contribution in [0.5, 0.6) is 5.75 Å². The van der Waals surface area contributed by atoms with Gasteiger partial charge in [0.25, 0.3) is 0 Å². The lowest BCUT2D eigenvalue weighted by molar-refractivity contribution is 0.411. The zero-order chi connectivity index (χ0) is 10.6. The van der Waals surface area contributed by atoms with Crippen LogP contribution in [0.2, 0.25) is 0 Å². The predicted octanol–water partition coefficient (Wildman–Crippen LogP) is 2.46. The van der Waals surface area contributed by atoms with Crippen LogP contribution >= 0.6 is 0 Å². The third-order valence-corrected chi connectivity index (χ3v) is 2.59. The molecule has 1 aromatic rings. The van der Waals surface area contributed by atoms with Crippen molar-refractivity contribution in [1.29, 1.82) is 0 Å². The summed E-state index contributed by atoms with van der Waals surface area (Å²) in [5, 5.41) is 0. The van der Waals surface area contributed by atoms with Crippen molar-refractivity contribution in [2.75, 3.05) is 13.7 Å². The fraction of sp³-hybridized carbons (Fsp3) is 0.500. The second-order valence-electron chi connectivity index (χ2n) is 3.71. The molecule has 0 fully saturated rings. The minimum atomic E-state index is 0.532. The number of hydrogen-bond acceptors (Lipinski definition) is 2. The van der Waals surface area contributed by atoms with Crippen molar-refractivity contribution in [3.63, 3.8) is 0 Å². The first-order chi connectivity index (χ1) is 6.69. The fourth-order valence-electron chi connectivity index (χ4n) is 1.62. The van der Waals surface area contributed by atoms with Gasteiger partial charge in [0.2, 0.25) is 0 Å². The van der Waals surface area contributed by atoms with Crippen molar-refractivity contribution < 1.29 is 4.74 Å². The summed E-state index contributed by atoms with van der Waals surface area (Å²) in [6, 6.07) is 6.32. The normalized spacial score (nSPS) is 12.6. The number of nitrogens with two attached hydrogens (primary N) is 1. The second-order valence-corrected chi connectivity index (χ2v) is 3.71. The minimum absolute atomic E-state index is 0.532. The summed E-state index contributed by atoms with van der Waals surface area (Å²) >= 11 is 0. The maximum atomic E-state index is 5.54. The number of hydrogen-bond donors (Lipinski definition) is 1. The number of benzene rings is 1. The van der Waals surface area contributed by atoms with E-state index >= 15 is 0 Å². The monoisotopic (exact) mass is 193 g/mol. The molecule has 0 aromatic heterocycles. The molecule has 0 amide bonds. The summed E-state index contributed by atoms with van der Waals surface area (Å²) in [5.41, 5.74) is 8.07. The van der Waals surface area contributed by atoms with Gasteiger partial charge in [0.15, 0.2) is 0 Å². The SMILES string of the molecule is COc1ccc([C@@H](C)CCN)cc1C. The highest BCUT2D eigenvalue weighted by Crippen LogP contribution is 2.24. The van der Waals surface area contributed by atoms with Gasteiger partial charge in [-0.15, -0.1) is 0 Å². The van der Waals surface area contributed by atoms with Gasteiger partial charge in [-0.05, 0) is 43.0 Å². The molecule has 0 saturated carbocycles. The van der Waals surface area contributed by atoms with Crippen LogP contribution in [0, 0.1) is 6.92 Å². The lowest BCUT2D eigenvalue weighted by Gasteiger charge is -2.12. The first-order valence-electron chi connectivity index (χ1n) is 5.03. The highest BCUT2D eigenvalue weighted by atomic mass is 16.5. The molecule has 2 nitrogen and oxygen atoms in total. The molecule has 2 N–H and O–H groups in total. The van der Waals surface area contributed by atoms with E-state index in [9.17, 15) is 0 Å². The summed E-state index contributed by atoms with van der Waals surface area (Å²) in [7, 11) is 1.70. The Labute approximate surface area is 86.1 Å². The molecule has 1 rings (SSSR count). The molecule has 78 valence electrons. The van der Waals surface area contributed by atoms with E-state index in [-0.39, 0.29) is 0 Å². The molecule has 0 aliphatic carbocycles. The van der Waals surface area contributed by atoms with Gasteiger partial charge in [-0.25, -0.2) is 0 Å². The Morgan fingerprint density at radius 2 is 2.14 bits per heavy atom. The van der Waals surface area contributed by atoms with Gasteiger partial charge in [0, 0.05) is 0 Å². The lowest BCUT2D eigenvalue weighted by Crippen LogP contribution is -2.04. The Hall–Kier alpha value is -1.02. The molecule has 0 heterocycles. The fourth-order valence-corrected chi connectivity index (χ4v) is 1.62. The van der Waals surface area contributed by atoms with Crippen LogP contribution in [-0.2, 0) is 0 Å². The van der Waals surface area contributed by atoms with Gasteiger partial charge in [-0.3, -0.25) is 0 Å².